The number of azo groups is 1. The average Bonchev–Trinajstić information content (AvgIpc) is 1.84. The lowest BCUT2D eigenvalue weighted by molar-refractivity contribution is -0.114. The van der Waals surface area contributed by atoms with Crippen LogP contribution in [-0.4, -0.2) is 12.5 Å². The van der Waals surface area contributed by atoms with Gasteiger partial charge in [-0.1, -0.05) is 6.08 Å². The van der Waals surface area contributed by atoms with E-state index in [1.807, 2.05) is 0 Å². The lowest BCUT2D eigenvalue weighted by atomic mass is 10.1. The molecule has 11 heavy (non-hydrogen) atoms. The van der Waals surface area contributed by atoms with Gasteiger partial charge < -0.3 is 5.73 Å². The highest BCUT2D eigenvalue weighted by Gasteiger charge is 2.02. The van der Waals surface area contributed by atoms with Crippen LogP contribution in [0, 0.1) is 0 Å². The van der Waals surface area contributed by atoms with E-state index in [0.717, 1.165) is 0 Å². The minimum Gasteiger partial charge on any atom is -0.366 e. The zero-order valence-corrected chi connectivity index (χ0v) is 6.03. The first-order valence-electron chi connectivity index (χ1n) is 3.33. The standard InChI is InChI=1S/C7H9N3O/c8-7(11)6-2-1-4-9-10-5-3-6/h1-2,4H,3,5H2,(H2,8,11). The van der Waals surface area contributed by atoms with E-state index in [1.165, 1.54) is 6.20 Å². The van der Waals surface area contributed by atoms with E-state index in [2.05, 4.69) is 10.2 Å². The summed E-state index contributed by atoms with van der Waals surface area (Å²) in [5.41, 5.74) is 5.67. The molecule has 0 aromatic heterocycles. The van der Waals surface area contributed by atoms with E-state index < -0.39 is 0 Å². The Balaban J connectivity index is 2.73. The van der Waals surface area contributed by atoms with Crippen molar-refractivity contribution in [3.05, 3.63) is 23.9 Å². The summed E-state index contributed by atoms with van der Waals surface area (Å²) < 4.78 is 0. The Labute approximate surface area is 64.5 Å². The minimum absolute atomic E-state index is 0.383. The number of hydrogen-bond acceptors (Lipinski definition) is 3. The lowest BCUT2D eigenvalue weighted by Gasteiger charge is -1.99. The van der Waals surface area contributed by atoms with Gasteiger partial charge >= 0.3 is 0 Å². The monoisotopic (exact) mass is 151 g/mol. The van der Waals surface area contributed by atoms with Gasteiger partial charge in [-0.3, -0.25) is 4.79 Å². The van der Waals surface area contributed by atoms with Crippen molar-refractivity contribution < 1.29 is 4.79 Å². The highest BCUT2D eigenvalue weighted by molar-refractivity contribution is 5.92. The average molecular weight is 151 g/mol. The van der Waals surface area contributed by atoms with Crippen molar-refractivity contribution in [3.8, 4) is 0 Å². The van der Waals surface area contributed by atoms with Crippen LogP contribution in [0.4, 0.5) is 0 Å². The minimum atomic E-state index is -0.383. The van der Waals surface area contributed by atoms with Crippen LogP contribution in [0.2, 0.25) is 0 Å². The van der Waals surface area contributed by atoms with Crippen LogP contribution >= 0.6 is 0 Å². The van der Waals surface area contributed by atoms with Crippen molar-refractivity contribution in [2.75, 3.05) is 6.54 Å². The van der Waals surface area contributed by atoms with Crippen molar-refractivity contribution in [1.29, 1.82) is 0 Å². The molecule has 4 heteroatoms. The van der Waals surface area contributed by atoms with Crippen molar-refractivity contribution in [2.24, 2.45) is 16.0 Å². The van der Waals surface area contributed by atoms with Crippen LogP contribution in [0.5, 0.6) is 0 Å². The first-order valence-corrected chi connectivity index (χ1v) is 3.33. The van der Waals surface area contributed by atoms with Crippen LogP contribution in [0.25, 0.3) is 0 Å². The van der Waals surface area contributed by atoms with Gasteiger partial charge in [-0.25, -0.2) is 0 Å². The topological polar surface area (TPSA) is 67.8 Å². The van der Waals surface area contributed by atoms with Gasteiger partial charge in [0.2, 0.25) is 5.91 Å². The van der Waals surface area contributed by atoms with Crippen LogP contribution in [-0.2, 0) is 4.79 Å². The summed E-state index contributed by atoms with van der Waals surface area (Å²) in [6.45, 7) is 0.527. The van der Waals surface area contributed by atoms with Gasteiger partial charge in [-0.05, 0) is 12.5 Å². The molecule has 1 amide bonds. The fourth-order valence-electron chi connectivity index (χ4n) is 0.762. The summed E-state index contributed by atoms with van der Waals surface area (Å²) in [5.74, 6) is -0.383. The molecule has 0 aromatic rings. The smallest absolute Gasteiger partial charge is 0.244 e. The third-order valence-electron chi connectivity index (χ3n) is 1.33. The van der Waals surface area contributed by atoms with Crippen LogP contribution in [0.1, 0.15) is 6.42 Å². The fraction of sp³-hybridized carbons (Fsp3) is 0.286. The first kappa shape index (κ1) is 7.65. The molecule has 1 rings (SSSR count). The molecule has 0 fully saturated rings. The molecule has 1 aliphatic rings. The fourth-order valence-corrected chi connectivity index (χ4v) is 0.762. The van der Waals surface area contributed by atoms with Crippen molar-refractivity contribution in [3.63, 3.8) is 0 Å². The van der Waals surface area contributed by atoms with E-state index in [4.69, 9.17) is 5.73 Å². The Morgan fingerprint density at radius 3 is 3.18 bits per heavy atom. The van der Waals surface area contributed by atoms with Gasteiger partial charge in [-0.2, -0.15) is 10.2 Å². The number of nitrogens with two attached hydrogens (primary N) is 1. The largest absolute Gasteiger partial charge is 0.366 e. The highest BCUT2D eigenvalue weighted by atomic mass is 16.1. The molecule has 4 nitrogen and oxygen atoms in total. The van der Waals surface area contributed by atoms with Crippen molar-refractivity contribution in [1.82, 2.24) is 0 Å². The Bertz CT molecular complexity index is 240. The van der Waals surface area contributed by atoms with Gasteiger partial charge in [0.15, 0.2) is 0 Å². The molecule has 1 aliphatic heterocycles. The number of carbonyl (C=O) groups is 1. The predicted molar refractivity (Wildman–Crippen MR) is 40.8 cm³/mol. The molecule has 0 atom stereocenters. The van der Waals surface area contributed by atoms with E-state index in [0.29, 0.717) is 18.5 Å². The van der Waals surface area contributed by atoms with Gasteiger partial charge in [0.05, 0.1) is 6.54 Å². The molecule has 2 N–H and O–H groups in total. The normalized spacial score (nSPS) is 16.9. The second-order valence-electron chi connectivity index (χ2n) is 2.13. The molecule has 0 saturated carbocycles. The van der Waals surface area contributed by atoms with Gasteiger partial charge in [-0.15, -0.1) is 0 Å². The van der Waals surface area contributed by atoms with Crippen LogP contribution < -0.4 is 5.73 Å². The molecule has 58 valence electrons. The van der Waals surface area contributed by atoms with Gasteiger partial charge in [0, 0.05) is 11.8 Å². The molecule has 0 saturated heterocycles. The molecule has 0 radical (unpaired) electrons. The maximum Gasteiger partial charge on any atom is 0.244 e. The Kier molecular flexibility index (Phi) is 2.54. The summed E-state index contributed by atoms with van der Waals surface area (Å²) in [4.78, 5) is 10.7. The number of primary amides is 1. The second-order valence-corrected chi connectivity index (χ2v) is 2.13. The third kappa shape index (κ3) is 2.33. The molecule has 0 aliphatic carbocycles. The molecule has 0 aromatic carbocycles. The molecule has 1 heterocycles. The van der Waals surface area contributed by atoms with E-state index in [-0.39, 0.29) is 5.91 Å². The molecule has 0 spiro atoms. The van der Waals surface area contributed by atoms with Gasteiger partial charge in [0.1, 0.15) is 0 Å². The van der Waals surface area contributed by atoms with E-state index in [1.54, 1.807) is 12.2 Å². The Hall–Kier alpha value is -1.45. The summed E-state index contributed by atoms with van der Waals surface area (Å²) in [7, 11) is 0. The Morgan fingerprint density at radius 2 is 2.45 bits per heavy atom. The maximum absolute atomic E-state index is 10.7. The Morgan fingerprint density at radius 1 is 1.64 bits per heavy atom. The number of hydrogen-bond donors (Lipinski definition) is 1. The van der Waals surface area contributed by atoms with Crippen molar-refractivity contribution in [2.45, 2.75) is 6.42 Å². The number of carbonyl (C=O) groups excluding carboxylic acids is 1. The summed E-state index contributed by atoms with van der Waals surface area (Å²) in [5, 5.41) is 7.43. The molecule has 0 unspecified atom stereocenters. The molecule has 0 bridgehead atoms. The third-order valence-corrected chi connectivity index (χ3v) is 1.33. The first-order chi connectivity index (χ1) is 5.30. The predicted octanol–water partition coefficient (Wildman–Crippen LogP) is 0.768. The molecular formula is C7H9N3O. The maximum atomic E-state index is 10.7. The van der Waals surface area contributed by atoms with Crippen molar-refractivity contribution >= 4 is 5.91 Å². The summed E-state index contributed by atoms with van der Waals surface area (Å²) >= 11 is 0. The SMILES string of the molecule is NC(=O)C1=CC=CN=NCC1. The highest BCUT2D eigenvalue weighted by Crippen LogP contribution is 2.03. The number of nitrogens with zero attached hydrogens (tertiary/aromatic N) is 2. The van der Waals surface area contributed by atoms with Crippen LogP contribution in [0.3, 0.4) is 0 Å². The summed E-state index contributed by atoms with van der Waals surface area (Å²) in [6.07, 6.45) is 5.43. The lowest BCUT2D eigenvalue weighted by Crippen LogP contribution is -2.14. The zero-order chi connectivity index (χ0) is 8.10. The summed E-state index contributed by atoms with van der Waals surface area (Å²) in [6, 6.07) is 0. The van der Waals surface area contributed by atoms with E-state index in [9.17, 15) is 4.79 Å². The van der Waals surface area contributed by atoms with Crippen LogP contribution in [0.15, 0.2) is 34.2 Å². The van der Waals surface area contributed by atoms with Gasteiger partial charge in [0.25, 0.3) is 0 Å². The number of amides is 1. The second kappa shape index (κ2) is 3.65. The van der Waals surface area contributed by atoms with E-state index >= 15 is 0 Å². The zero-order valence-electron chi connectivity index (χ0n) is 6.03. The number of rotatable bonds is 1. The quantitative estimate of drug-likeness (QED) is 0.590. The number of allylic oxidation sites excluding steroid dienone is 2. The molecular weight excluding hydrogens is 142 g/mol.